The fourth-order valence-corrected chi connectivity index (χ4v) is 1.92. The predicted octanol–water partition coefficient (Wildman–Crippen LogP) is 2.89. The molecule has 110 valence electrons. The van der Waals surface area contributed by atoms with Crippen LogP contribution >= 0.6 is 0 Å². The van der Waals surface area contributed by atoms with E-state index in [-0.39, 0.29) is 12.5 Å². The first-order chi connectivity index (χ1) is 10.1. The summed E-state index contributed by atoms with van der Waals surface area (Å²) in [6, 6.07) is 14.6. The number of hydrogen-bond acceptors (Lipinski definition) is 3. The van der Waals surface area contributed by atoms with Crippen LogP contribution in [0, 0.1) is 6.92 Å². The molecule has 0 aliphatic rings. The number of anilines is 1. The van der Waals surface area contributed by atoms with E-state index in [0.717, 1.165) is 16.8 Å². The van der Waals surface area contributed by atoms with Gasteiger partial charge < -0.3 is 15.2 Å². The molecule has 0 aliphatic heterocycles. The van der Waals surface area contributed by atoms with E-state index in [0.29, 0.717) is 5.75 Å². The van der Waals surface area contributed by atoms with Crippen LogP contribution in [0.15, 0.2) is 48.5 Å². The van der Waals surface area contributed by atoms with Crippen LogP contribution in [0.1, 0.15) is 18.1 Å². The standard InChI is InChI=1S/C17H19NO3/c1-12-6-3-4-9-16(12)18-17(20)13(2)21-15-8-5-7-14(10-15)11-19/h3-10,13,19H,11H2,1-2H3,(H,18,20). The Hall–Kier alpha value is -2.33. The van der Waals surface area contributed by atoms with Gasteiger partial charge in [0.15, 0.2) is 6.10 Å². The molecule has 1 unspecified atom stereocenters. The zero-order valence-electron chi connectivity index (χ0n) is 12.2. The fraction of sp³-hybridized carbons (Fsp3) is 0.235. The fourth-order valence-electron chi connectivity index (χ4n) is 1.92. The zero-order valence-corrected chi connectivity index (χ0v) is 12.2. The second-order valence-electron chi connectivity index (χ2n) is 4.87. The molecular weight excluding hydrogens is 266 g/mol. The van der Waals surface area contributed by atoms with Crippen molar-refractivity contribution in [1.82, 2.24) is 0 Å². The van der Waals surface area contributed by atoms with Crippen LogP contribution in [0.2, 0.25) is 0 Å². The summed E-state index contributed by atoms with van der Waals surface area (Å²) in [4.78, 5) is 12.1. The smallest absolute Gasteiger partial charge is 0.265 e. The van der Waals surface area contributed by atoms with Crippen LogP contribution in [0.3, 0.4) is 0 Å². The lowest BCUT2D eigenvalue weighted by Gasteiger charge is -2.16. The molecular formula is C17H19NO3. The van der Waals surface area contributed by atoms with Crippen LogP contribution in [-0.2, 0) is 11.4 Å². The average Bonchev–Trinajstić information content (AvgIpc) is 2.49. The van der Waals surface area contributed by atoms with Crippen molar-refractivity contribution in [2.45, 2.75) is 26.6 Å². The highest BCUT2D eigenvalue weighted by molar-refractivity contribution is 5.94. The highest BCUT2D eigenvalue weighted by Gasteiger charge is 2.15. The SMILES string of the molecule is Cc1ccccc1NC(=O)C(C)Oc1cccc(CO)c1. The summed E-state index contributed by atoms with van der Waals surface area (Å²) < 4.78 is 5.61. The van der Waals surface area contributed by atoms with E-state index < -0.39 is 6.10 Å². The summed E-state index contributed by atoms with van der Waals surface area (Å²) in [5.41, 5.74) is 2.53. The minimum absolute atomic E-state index is 0.0546. The zero-order chi connectivity index (χ0) is 15.2. The van der Waals surface area contributed by atoms with Gasteiger partial charge in [0, 0.05) is 5.69 Å². The Balaban J connectivity index is 2.01. The molecule has 21 heavy (non-hydrogen) atoms. The number of aryl methyl sites for hydroxylation is 1. The molecule has 0 radical (unpaired) electrons. The third-order valence-corrected chi connectivity index (χ3v) is 3.17. The summed E-state index contributed by atoms with van der Waals surface area (Å²) >= 11 is 0. The first-order valence-corrected chi connectivity index (χ1v) is 6.83. The number of hydrogen-bond donors (Lipinski definition) is 2. The molecule has 0 fully saturated rings. The first kappa shape index (κ1) is 15.1. The van der Waals surface area contributed by atoms with Crippen molar-refractivity contribution < 1.29 is 14.6 Å². The van der Waals surface area contributed by atoms with Crippen LogP contribution < -0.4 is 10.1 Å². The lowest BCUT2D eigenvalue weighted by molar-refractivity contribution is -0.122. The number of rotatable bonds is 5. The molecule has 0 saturated carbocycles. The largest absolute Gasteiger partial charge is 0.481 e. The van der Waals surface area contributed by atoms with Gasteiger partial charge in [0.25, 0.3) is 5.91 Å². The van der Waals surface area contributed by atoms with Gasteiger partial charge >= 0.3 is 0 Å². The van der Waals surface area contributed by atoms with Crippen molar-refractivity contribution in [2.75, 3.05) is 5.32 Å². The number of amides is 1. The van der Waals surface area contributed by atoms with E-state index in [1.165, 1.54) is 0 Å². The van der Waals surface area contributed by atoms with E-state index in [2.05, 4.69) is 5.32 Å². The molecule has 4 heteroatoms. The van der Waals surface area contributed by atoms with Crippen molar-refractivity contribution in [3.8, 4) is 5.75 Å². The Morgan fingerprint density at radius 3 is 2.71 bits per heavy atom. The van der Waals surface area contributed by atoms with Crippen molar-refractivity contribution in [1.29, 1.82) is 0 Å². The minimum atomic E-state index is -0.626. The monoisotopic (exact) mass is 285 g/mol. The van der Waals surface area contributed by atoms with Crippen molar-refractivity contribution in [3.63, 3.8) is 0 Å². The molecule has 2 N–H and O–H groups in total. The molecule has 0 aliphatic carbocycles. The molecule has 2 aromatic rings. The summed E-state index contributed by atoms with van der Waals surface area (Å²) in [6.45, 7) is 3.58. The molecule has 1 atom stereocenters. The number of benzene rings is 2. The predicted molar refractivity (Wildman–Crippen MR) is 82.3 cm³/mol. The number of carbonyl (C=O) groups is 1. The normalized spacial score (nSPS) is 11.8. The Morgan fingerprint density at radius 1 is 1.24 bits per heavy atom. The number of para-hydroxylation sites is 1. The highest BCUT2D eigenvalue weighted by Crippen LogP contribution is 2.17. The maximum Gasteiger partial charge on any atom is 0.265 e. The van der Waals surface area contributed by atoms with E-state index in [1.54, 1.807) is 31.2 Å². The molecule has 0 spiro atoms. The van der Waals surface area contributed by atoms with Gasteiger partial charge in [-0.05, 0) is 43.2 Å². The molecule has 1 amide bonds. The minimum Gasteiger partial charge on any atom is -0.481 e. The van der Waals surface area contributed by atoms with Gasteiger partial charge in [-0.3, -0.25) is 4.79 Å². The van der Waals surface area contributed by atoms with Crippen LogP contribution in [0.25, 0.3) is 0 Å². The number of carbonyl (C=O) groups excluding carboxylic acids is 1. The van der Waals surface area contributed by atoms with Crippen LogP contribution in [-0.4, -0.2) is 17.1 Å². The number of aliphatic hydroxyl groups excluding tert-OH is 1. The Labute approximate surface area is 124 Å². The first-order valence-electron chi connectivity index (χ1n) is 6.83. The molecule has 0 aromatic heterocycles. The Kier molecular flexibility index (Phi) is 4.95. The van der Waals surface area contributed by atoms with Crippen LogP contribution in [0.4, 0.5) is 5.69 Å². The molecule has 0 heterocycles. The van der Waals surface area contributed by atoms with E-state index >= 15 is 0 Å². The maximum absolute atomic E-state index is 12.1. The third kappa shape index (κ3) is 4.07. The number of nitrogens with one attached hydrogen (secondary N) is 1. The van der Waals surface area contributed by atoms with Gasteiger partial charge in [-0.15, -0.1) is 0 Å². The molecule has 0 saturated heterocycles. The number of aliphatic hydroxyl groups is 1. The topological polar surface area (TPSA) is 58.6 Å². The van der Waals surface area contributed by atoms with Gasteiger partial charge in [0.2, 0.25) is 0 Å². The van der Waals surface area contributed by atoms with Crippen molar-refractivity contribution >= 4 is 11.6 Å². The summed E-state index contributed by atoms with van der Waals surface area (Å²) in [5, 5.41) is 11.9. The maximum atomic E-state index is 12.1. The second-order valence-corrected chi connectivity index (χ2v) is 4.87. The van der Waals surface area contributed by atoms with E-state index in [1.807, 2.05) is 31.2 Å². The van der Waals surface area contributed by atoms with Gasteiger partial charge in [-0.1, -0.05) is 30.3 Å². The van der Waals surface area contributed by atoms with E-state index in [4.69, 9.17) is 9.84 Å². The van der Waals surface area contributed by atoms with E-state index in [9.17, 15) is 4.79 Å². The van der Waals surface area contributed by atoms with Crippen molar-refractivity contribution in [2.24, 2.45) is 0 Å². The Morgan fingerprint density at radius 2 is 2.00 bits per heavy atom. The molecule has 0 bridgehead atoms. The average molecular weight is 285 g/mol. The molecule has 2 aromatic carbocycles. The molecule has 4 nitrogen and oxygen atoms in total. The molecule has 2 rings (SSSR count). The number of ether oxygens (including phenoxy) is 1. The van der Waals surface area contributed by atoms with Gasteiger partial charge in [0.05, 0.1) is 6.61 Å². The Bertz CT molecular complexity index is 625. The second kappa shape index (κ2) is 6.90. The van der Waals surface area contributed by atoms with Gasteiger partial charge in [0.1, 0.15) is 5.75 Å². The third-order valence-electron chi connectivity index (χ3n) is 3.17. The summed E-state index contributed by atoms with van der Waals surface area (Å²) in [7, 11) is 0. The lowest BCUT2D eigenvalue weighted by atomic mass is 10.2. The summed E-state index contributed by atoms with van der Waals surface area (Å²) in [6.07, 6.45) is -0.626. The van der Waals surface area contributed by atoms with Crippen LogP contribution in [0.5, 0.6) is 5.75 Å². The van der Waals surface area contributed by atoms with Crippen molar-refractivity contribution in [3.05, 3.63) is 59.7 Å². The van der Waals surface area contributed by atoms with Gasteiger partial charge in [-0.25, -0.2) is 0 Å². The van der Waals surface area contributed by atoms with Gasteiger partial charge in [-0.2, -0.15) is 0 Å². The summed E-state index contributed by atoms with van der Waals surface area (Å²) in [5.74, 6) is 0.354. The quantitative estimate of drug-likeness (QED) is 0.888. The highest BCUT2D eigenvalue weighted by atomic mass is 16.5. The lowest BCUT2D eigenvalue weighted by Crippen LogP contribution is -2.30.